The van der Waals surface area contributed by atoms with Crippen molar-refractivity contribution in [2.45, 2.75) is 12.5 Å². The zero-order valence-corrected chi connectivity index (χ0v) is 12.5. The number of carbonyl (C=O) groups excluding carboxylic acids is 3. The molecular weight excluding hydrogens is 313 g/mol. The number of hydrogen-bond acceptors (Lipinski definition) is 3. The van der Waals surface area contributed by atoms with E-state index in [1.807, 2.05) is 0 Å². The number of para-hydroxylation sites is 2. The molecule has 3 N–H and O–H groups in total. The first-order chi connectivity index (χ1) is 11.5. The van der Waals surface area contributed by atoms with Crippen molar-refractivity contribution >= 4 is 29.1 Å². The lowest BCUT2D eigenvalue weighted by atomic mass is 10.1. The van der Waals surface area contributed by atoms with Crippen LogP contribution in [0.15, 0.2) is 48.5 Å². The summed E-state index contributed by atoms with van der Waals surface area (Å²) in [6.07, 6.45) is -0.306. The van der Waals surface area contributed by atoms with E-state index in [0.29, 0.717) is 11.3 Å². The smallest absolute Gasteiger partial charge is 0.254 e. The number of halogens is 1. The van der Waals surface area contributed by atoms with Crippen LogP contribution in [0.4, 0.5) is 15.8 Å². The molecule has 24 heavy (non-hydrogen) atoms. The molecule has 0 unspecified atom stereocenters. The van der Waals surface area contributed by atoms with E-state index < -0.39 is 29.6 Å². The largest absolute Gasteiger partial charge is 0.340 e. The van der Waals surface area contributed by atoms with Crippen LogP contribution in [0, 0.1) is 5.82 Å². The van der Waals surface area contributed by atoms with Gasteiger partial charge in [-0.25, -0.2) is 4.39 Å². The Hall–Kier alpha value is -3.22. The third-order valence-corrected chi connectivity index (χ3v) is 3.59. The molecule has 2 aromatic carbocycles. The van der Waals surface area contributed by atoms with Crippen LogP contribution in [-0.2, 0) is 9.59 Å². The molecule has 0 radical (unpaired) electrons. The van der Waals surface area contributed by atoms with Crippen LogP contribution in [0.1, 0.15) is 16.8 Å². The number of amides is 3. The van der Waals surface area contributed by atoms with Crippen LogP contribution in [0.5, 0.6) is 0 Å². The fourth-order valence-corrected chi connectivity index (χ4v) is 2.40. The number of hydrogen-bond donors (Lipinski definition) is 3. The normalized spacial score (nSPS) is 16.5. The van der Waals surface area contributed by atoms with Crippen molar-refractivity contribution in [2.75, 3.05) is 10.6 Å². The number of rotatable bonds is 3. The second-order valence-electron chi connectivity index (χ2n) is 5.29. The lowest BCUT2D eigenvalue weighted by Crippen LogP contribution is -2.43. The molecule has 1 heterocycles. The Bertz CT molecular complexity index is 822. The molecule has 2 aromatic rings. The van der Waals surface area contributed by atoms with Crippen LogP contribution >= 0.6 is 0 Å². The van der Waals surface area contributed by atoms with E-state index in [4.69, 9.17) is 0 Å². The summed E-state index contributed by atoms with van der Waals surface area (Å²) in [4.78, 5) is 36.4. The van der Waals surface area contributed by atoms with Crippen molar-refractivity contribution in [2.24, 2.45) is 0 Å². The third-order valence-electron chi connectivity index (χ3n) is 3.59. The molecule has 0 aromatic heterocycles. The summed E-state index contributed by atoms with van der Waals surface area (Å²) in [6.45, 7) is 0. The Balaban J connectivity index is 1.72. The van der Waals surface area contributed by atoms with Crippen LogP contribution in [0.3, 0.4) is 0 Å². The Kier molecular flexibility index (Phi) is 4.24. The van der Waals surface area contributed by atoms with Gasteiger partial charge in [0.25, 0.3) is 5.91 Å². The molecule has 3 rings (SSSR count). The highest BCUT2D eigenvalue weighted by Crippen LogP contribution is 2.19. The summed E-state index contributed by atoms with van der Waals surface area (Å²) < 4.78 is 13.5. The minimum absolute atomic E-state index is 0.0196. The predicted molar refractivity (Wildman–Crippen MR) is 86.0 cm³/mol. The van der Waals surface area contributed by atoms with E-state index in [-0.39, 0.29) is 12.1 Å². The zero-order chi connectivity index (χ0) is 17.1. The maximum atomic E-state index is 13.5. The van der Waals surface area contributed by atoms with Crippen LogP contribution < -0.4 is 16.0 Å². The number of anilines is 2. The van der Waals surface area contributed by atoms with Crippen molar-refractivity contribution in [3.63, 3.8) is 0 Å². The van der Waals surface area contributed by atoms with Gasteiger partial charge in [-0.05, 0) is 24.3 Å². The third kappa shape index (κ3) is 3.24. The molecule has 6 nitrogen and oxygen atoms in total. The van der Waals surface area contributed by atoms with Crippen LogP contribution in [-0.4, -0.2) is 23.8 Å². The molecule has 0 saturated carbocycles. The Labute approximate surface area is 137 Å². The van der Waals surface area contributed by atoms with Gasteiger partial charge in [0.2, 0.25) is 11.8 Å². The fraction of sp³-hybridized carbons (Fsp3) is 0.118. The van der Waals surface area contributed by atoms with Crippen molar-refractivity contribution in [3.05, 3.63) is 59.9 Å². The standard InChI is InChI=1S/C17H14FN3O3/c18-11-6-2-4-8-13(11)19-15(22)9-14-17(24)20-12-7-3-1-5-10(12)16(23)21-14/h1-8,14H,9H2,(H,19,22)(H,20,24)(H,21,23)/t14-/m0/s1. The van der Waals surface area contributed by atoms with Crippen LogP contribution in [0.2, 0.25) is 0 Å². The second kappa shape index (κ2) is 6.49. The molecule has 0 fully saturated rings. The summed E-state index contributed by atoms with van der Waals surface area (Å²) in [5.74, 6) is -2.11. The highest BCUT2D eigenvalue weighted by Gasteiger charge is 2.29. The lowest BCUT2D eigenvalue weighted by Gasteiger charge is -2.14. The van der Waals surface area contributed by atoms with Gasteiger partial charge in [-0.1, -0.05) is 24.3 Å². The molecule has 122 valence electrons. The van der Waals surface area contributed by atoms with Crippen molar-refractivity contribution in [1.29, 1.82) is 0 Å². The molecule has 0 saturated heterocycles. The molecule has 1 aliphatic heterocycles. The molecule has 0 spiro atoms. The molecule has 1 aliphatic rings. The van der Waals surface area contributed by atoms with E-state index in [9.17, 15) is 18.8 Å². The molecule has 0 aliphatic carbocycles. The summed E-state index contributed by atoms with van der Waals surface area (Å²) in [7, 11) is 0. The van der Waals surface area contributed by atoms with E-state index >= 15 is 0 Å². The number of fused-ring (bicyclic) bond motifs is 1. The van der Waals surface area contributed by atoms with Crippen molar-refractivity contribution in [1.82, 2.24) is 5.32 Å². The highest BCUT2D eigenvalue weighted by molar-refractivity contribution is 6.11. The van der Waals surface area contributed by atoms with Gasteiger partial charge in [0.1, 0.15) is 11.9 Å². The first-order valence-corrected chi connectivity index (χ1v) is 7.30. The number of carbonyl (C=O) groups is 3. The van der Waals surface area contributed by atoms with Gasteiger partial charge >= 0.3 is 0 Å². The predicted octanol–water partition coefficient (Wildman–Crippen LogP) is 1.90. The maximum absolute atomic E-state index is 13.5. The summed E-state index contributed by atoms with van der Waals surface area (Å²) in [5.41, 5.74) is 0.728. The first kappa shape index (κ1) is 15.7. The van der Waals surface area contributed by atoms with Crippen molar-refractivity contribution in [3.8, 4) is 0 Å². The maximum Gasteiger partial charge on any atom is 0.254 e. The van der Waals surface area contributed by atoms with Gasteiger partial charge in [0.05, 0.1) is 23.4 Å². The average Bonchev–Trinajstić information content (AvgIpc) is 2.67. The van der Waals surface area contributed by atoms with E-state index in [2.05, 4.69) is 16.0 Å². The van der Waals surface area contributed by atoms with Crippen molar-refractivity contribution < 1.29 is 18.8 Å². The molecule has 1 atom stereocenters. The summed E-state index contributed by atoms with van der Waals surface area (Å²) in [5, 5.41) is 7.51. The SMILES string of the molecule is O=C(C[C@@H]1NC(=O)c2ccccc2NC1=O)Nc1ccccc1F. The Morgan fingerprint density at radius 1 is 1.08 bits per heavy atom. The molecule has 7 heteroatoms. The molecule has 3 amide bonds. The van der Waals surface area contributed by atoms with Crippen LogP contribution in [0.25, 0.3) is 0 Å². The van der Waals surface area contributed by atoms with Gasteiger partial charge in [-0.3, -0.25) is 14.4 Å². The Morgan fingerprint density at radius 3 is 2.58 bits per heavy atom. The summed E-state index contributed by atoms with van der Waals surface area (Å²) in [6, 6.07) is 11.2. The quantitative estimate of drug-likeness (QED) is 0.805. The van der Waals surface area contributed by atoms with Gasteiger partial charge in [-0.2, -0.15) is 0 Å². The summed E-state index contributed by atoms with van der Waals surface area (Å²) >= 11 is 0. The van der Waals surface area contributed by atoms with Gasteiger partial charge < -0.3 is 16.0 Å². The van der Waals surface area contributed by atoms with Gasteiger partial charge in [0.15, 0.2) is 0 Å². The van der Waals surface area contributed by atoms with E-state index in [0.717, 1.165) is 0 Å². The van der Waals surface area contributed by atoms with Gasteiger partial charge in [-0.15, -0.1) is 0 Å². The average molecular weight is 327 g/mol. The molecule has 0 bridgehead atoms. The number of nitrogens with one attached hydrogen (secondary N) is 3. The van der Waals surface area contributed by atoms with E-state index in [1.165, 1.54) is 18.2 Å². The fourth-order valence-electron chi connectivity index (χ4n) is 2.40. The topological polar surface area (TPSA) is 87.3 Å². The van der Waals surface area contributed by atoms with Gasteiger partial charge in [0, 0.05) is 0 Å². The number of benzene rings is 2. The highest BCUT2D eigenvalue weighted by atomic mass is 19.1. The second-order valence-corrected chi connectivity index (χ2v) is 5.29. The van der Waals surface area contributed by atoms with E-state index in [1.54, 1.807) is 30.3 Å². The minimum atomic E-state index is -1.04. The Morgan fingerprint density at radius 2 is 1.79 bits per heavy atom. The molecular formula is C17H14FN3O3. The zero-order valence-electron chi connectivity index (χ0n) is 12.5. The minimum Gasteiger partial charge on any atom is -0.340 e. The lowest BCUT2D eigenvalue weighted by molar-refractivity contribution is -0.122. The first-order valence-electron chi connectivity index (χ1n) is 7.30. The monoisotopic (exact) mass is 327 g/mol.